The Balaban J connectivity index is 1.40. The van der Waals surface area contributed by atoms with Crippen molar-refractivity contribution in [3.8, 4) is 5.88 Å². The topological polar surface area (TPSA) is 33.5 Å². The van der Waals surface area contributed by atoms with Crippen molar-refractivity contribution in [1.82, 2.24) is 14.7 Å². The summed E-state index contributed by atoms with van der Waals surface area (Å²) < 4.78 is 8.32. The molecule has 0 radical (unpaired) electrons. The number of rotatable bonds is 9. The van der Waals surface area contributed by atoms with Gasteiger partial charge in [0.2, 0.25) is 5.88 Å². The zero-order valence-electron chi connectivity index (χ0n) is 20.5. The number of aromatic nitrogens is 2. The second kappa shape index (κ2) is 10.7. The van der Waals surface area contributed by atoms with Crippen molar-refractivity contribution < 1.29 is 4.74 Å². The third-order valence-corrected chi connectivity index (χ3v) is 7.25. The second-order valence-corrected chi connectivity index (χ2v) is 9.85. The van der Waals surface area contributed by atoms with Gasteiger partial charge in [0.1, 0.15) is 0 Å². The molecule has 3 aromatic carbocycles. The van der Waals surface area contributed by atoms with Crippen molar-refractivity contribution in [1.29, 1.82) is 0 Å². The summed E-state index contributed by atoms with van der Waals surface area (Å²) in [6, 6.07) is 25.5. The van der Waals surface area contributed by atoms with Crippen LogP contribution in [-0.4, -0.2) is 47.5 Å². The monoisotopic (exact) mass is 488 g/mol. The van der Waals surface area contributed by atoms with Crippen molar-refractivity contribution in [2.75, 3.05) is 31.6 Å². The van der Waals surface area contributed by atoms with Crippen LogP contribution < -0.4 is 9.64 Å². The van der Waals surface area contributed by atoms with Gasteiger partial charge >= 0.3 is 0 Å². The fourth-order valence-electron chi connectivity index (χ4n) is 4.90. The van der Waals surface area contributed by atoms with E-state index in [1.165, 1.54) is 19.4 Å². The second-order valence-electron chi connectivity index (χ2n) is 9.41. The van der Waals surface area contributed by atoms with Crippen LogP contribution in [0.25, 0.3) is 10.9 Å². The number of fused-ring (bicyclic) bond motifs is 1. The summed E-state index contributed by atoms with van der Waals surface area (Å²) >= 11 is 6.09. The van der Waals surface area contributed by atoms with E-state index in [2.05, 4.69) is 66.2 Å². The van der Waals surface area contributed by atoms with Gasteiger partial charge in [0.05, 0.1) is 24.1 Å². The van der Waals surface area contributed by atoms with Crippen LogP contribution in [0.2, 0.25) is 5.02 Å². The van der Waals surface area contributed by atoms with E-state index >= 15 is 0 Å². The van der Waals surface area contributed by atoms with Gasteiger partial charge in [-0.05, 0) is 80.8 Å². The Morgan fingerprint density at radius 3 is 2.57 bits per heavy atom. The molecule has 4 aromatic rings. The van der Waals surface area contributed by atoms with Gasteiger partial charge in [0, 0.05) is 36.0 Å². The summed E-state index contributed by atoms with van der Waals surface area (Å²) in [6.07, 6.45) is 3.61. The molecule has 35 heavy (non-hydrogen) atoms. The summed E-state index contributed by atoms with van der Waals surface area (Å²) in [4.78, 5) is 4.75. The quantitative estimate of drug-likeness (QED) is 0.244. The summed E-state index contributed by atoms with van der Waals surface area (Å²) in [5.74, 6) is 0.701. The normalized spacial score (nSPS) is 16.1. The molecule has 182 valence electrons. The lowest BCUT2D eigenvalue weighted by Gasteiger charge is -2.20. The first-order valence-electron chi connectivity index (χ1n) is 12.5. The molecule has 0 bridgehead atoms. The first kappa shape index (κ1) is 23.7. The number of para-hydroxylation sites is 1. The first-order valence-corrected chi connectivity index (χ1v) is 12.9. The van der Waals surface area contributed by atoms with Gasteiger partial charge in [0.15, 0.2) is 0 Å². The molecule has 2 heterocycles. The molecule has 0 aliphatic carbocycles. The number of nitrogens with zero attached hydrogens (tertiary/aromatic N) is 4. The highest BCUT2D eigenvalue weighted by Gasteiger charge is 2.20. The fraction of sp³-hybridized carbons (Fsp3) is 0.345. The number of likely N-dealkylation sites (tertiary alicyclic amines) is 1. The van der Waals surface area contributed by atoms with Crippen molar-refractivity contribution in [2.24, 2.45) is 0 Å². The Morgan fingerprint density at radius 1 is 1.03 bits per heavy atom. The predicted molar refractivity (Wildman–Crippen MR) is 145 cm³/mol. The summed E-state index contributed by atoms with van der Waals surface area (Å²) in [5.41, 5.74) is 4.46. The largest absolute Gasteiger partial charge is 0.476 e. The van der Waals surface area contributed by atoms with E-state index in [0.717, 1.165) is 45.8 Å². The number of hydrogen-bond donors (Lipinski definition) is 0. The Hall–Kier alpha value is -3.02. The van der Waals surface area contributed by atoms with Crippen molar-refractivity contribution in [2.45, 2.75) is 38.8 Å². The van der Waals surface area contributed by atoms with Crippen LogP contribution in [0.3, 0.4) is 0 Å². The molecule has 0 amide bonds. The zero-order valence-corrected chi connectivity index (χ0v) is 21.3. The van der Waals surface area contributed by atoms with Crippen LogP contribution in [0.5, 0.6) is 5.88 Å². The minimum Gasteiger partial charge on any atom is -0.476 e. The van der Waals surface area contributed by atoms with E-state index in [-0.39, 0.29) is 0 Å². The van der Waals surface area contributed by atoms with E-state index in [9.17, 15) is 0 Å². The number of anilines is 2. The SMILES string of the molecule is C[C@H]1CCCN1CCCOc1nn(Cc2ccc(Cl)cc2)c2ccc(N(C)c3ccccc3)cc12. The van der Waals surface area contributed by atoms with Crippen molar-refractivity contribution >= 4 is 33.9 Å². The van der Waals surface area contributed by atoms with Crippen molar-refractivity contribution in [3.63, 3.8) is 0 Å². The molecule has 1 aliphatic rings. The molecule has 5 rings (SSSR count). The molecule has 1 aromatic heterocycles. The predicted octanol–water partition coefficient (Wildman–Crippen LogP) is 6.76. The smallest absolute Gasteiger partial charge is 0.240 e. The van der Waals surface area contributed by atoms with Crippen LogP contribution in [0.1, 0.15) is 31.7 Å². The van der Waals surface area contributed by atoms with Crippen LogP contribution in [0.4, 0.5) is 11.4 Å². The number of halogens is 1. The molecule has 1 atom stereocenters. The molecule has 0 spiro atoms. The van der Waals surface area contributed by atoms with Crippen LogP contribution in [-0.2, 0) is 6.54 Å². The van der Waals surface area contributed by atoms with E-state index in [1.54, 1.807) is 0 Å². The molecule has 6 heteroatoms. The van der Waals surface area contributed by atoms with Gasteiger partial charge in [-0.15, -0.1) is 5.10 Å². The molecule has 0 unspecified atom stereocenters. The Kier molecular flexibility index (Phi) is 7.26. The third kappa shape index (κ3) is 5.47. The molecule has 0 N–H and O–H groups in total. The maximum atomic E-state index is 6.29. The van der Waals surface area contributed by atoms with Gasteiger partial charge in [0.25, 0.3) is 0 Å². The fourth-order valence-corrected chi connectivity index (χ4v) is 5.02. The van der Waals surface area contributed by atoms with E-state index < -0.39 is 0 Å². The van der Waals surface area contributed by atoms with Crippen LogP contribution in [0.15, 0.2) is 72.8 Å². The highest BCUT2D eigenvalue weighted by Crippen LogP contribution is 2.32. The van der Waals surface area contributed by atoms with Gasteiger partial charge in [-0.1, -0.05) is 41.9 Å². The van der Waals surface area contributed by atoms with Crippen LogP contribution in [0, 0.1) is 0 Å². The third-order valence-electron chi connectivity index (χ3n) is 7.00. The molecule has 5 nitrogen and oxygen atoms in total. The average molecular weight is 489 g/mol. The average Bonchev–Trinajstić information content (AvgIpc) is 3.45. The number of hydrogen-bond acceptors (Lipinski definition) is 4. The summed E-state index contributed by atoms with van der Waals surface area (Å²) in [6.45, 7) is 5.93. The first-order chi connectivity index (χ1) is 17.1. The summed E-state index contributed by atoms with van der Waals surface area (Å²) in [5, 5.41) is 6.67. The minimum atomic E-state index is 0.662. The van der Waals surface area contributed by atoms with Crippen LogP contribution >= 0.6 is 11.6 Å². The van der Waals surface area contributed by atoms with E-state index in [4.69, 9.17) is 21.4 Å². The molecule has 1 aliphatic heterocycles. The Bertz CT molecular complexity index is 1260. The molecule has 1 fully saturated rings. The summed E-state index contributed by atoms with van der Waals surface area (Å²) in [7, 11) is 2.09. The standard InChI is InChI=1S/C29H33ClN4O/c1-22-8-6-17-33(22)18-7-19-35-29-27-20-26(32(2)25-9-4-3-5-10-25)15-16-28(27)34(31-29)21-23-11-13-24(30)14-12-23/h3-5,9-16,20,22H,6-8,17-19,21H2,1-2H3/t22-/m0/s1. The lowest BCUT2D eigenvalue weighted by molar-refractivity contribution is 0.227. The highest BCUT2D eigenvalue weighted by atomic mass is 35.5. The number of benzene rings is 3. The maximum absolute atomic E-state index is 6.29. The molecule has 1 saturated heterocycles. The zero-order chi connectivity index (χ0) is 24.2. The van der Waals surface area contributed by atoms with Gasteiger partial charge in [-0.25, -0.2) is 0 Å². The Morgan fingerprint density at radius 2 is 1.83 bits per heavy atom. The molecular weight excluding hydrogens is 456 g/mol. The van der Waals surface area contributed by atoms with Gasteiger partial charge < -0.3 is 14.5 Å². The van der Waals surface area contributed by atoms with Crippen molar-refractivity contribution in [3.05, 3.63) is 83.4 Å². The van der Waals surface area contributed by atoms with Gasteiger partial charge in [-0.2, -0.15) is 0 Å². The minimum absolute atomic E-state index is 0.662. The highest BCUT2D eigenvalue weighted by molar-refractivity contribution is 6.30. The number of ether oxygens (including phenoxy) is 1. The molecule has 0 saturated carbocycles. The lowest BCUT2D eigenvalue weighted by atomic mass is 10.2. The molecular formula is C29H33ClN4O. The van der Waals surface area contributed by atoms with Gasteiger partial charge in [-0.3, -0.25) is 4.68 Å². The van der Waals surface area contributed by atoms with E-state index in [0.29, 0.717) is 25.1 Å². The van der Waals surface area contributed by atoms with E-state index in [1.807, 2.05) is 35.0 Å². The Labute approximate surface area is 212 Å². The maximum Gasteiger partial charge on any atom is 0.240 e. The lowest BCUT2D eigenvalue weighted by Crippen LogP contribution is -2.28.